The summed E-state index contributed by atoms with van der Waals surface area (Å²) in [5, 5.41) is 18.8. The first-order chi connectivity index (χ1) is 11.9. The standard InChI is InChI=1S/C16H22N4O5/c1-10-14(11(2)20(3)19-10)18-16(23)15(22)17-7-12(21)8-24-9-13-5-4-6-25-13/h4-6,12,21H,7-9H2,1-3H3,(H,17,22)(H,18,23)/t12-/m1/s1. The molecule has 2 heterocycles. The van der Waals surface area contributed by atoms with Gasteiger partial charge in [0.25, 0.3) is 0 Å². The van der Waals surface area contributed by atoms with Crippen LogP contribution in [0.4, 0.5) is 5.69 Å². The summed E-state index contributed by atoms with van der Waals surface area (Å²) in [5.41, 5.74) is 1.86. The SMILES string of the molecule is Cc1nn(C)c(C)c1NC(=O)C(=O)NC[C@@H](O)COCc1ccco1. The van der Waals surface area contributed by atoms with E-state index in [1.807, 2.05) is 0 Å². The second-order valence-corrected chi connectivity index (χ2v) is 5.58. The first-order valence-electron chi connectivity index (χ1n) is 7.76. The van der Waals surface area contributed by atoms with Crippen LogP contribution in [0.25, 0.3) is 0 Å². The van der Waals surface area contributed by atoms with Crippen LogP contribution in [0, 0.1) is 13.8 Å². The maximum absolute atomic E-state index is 11.9. The smallest absolute Gasteiger partial charge is 0.313 e. The van der Waals surface area contributed by atoms with Crippen molar-refractivity contribution in [2.24, 2.45) is 7.05 Å². The molecule has 1 atom stereocenters. The molecule has 2 amide bonds. The van der Waals surface area contributed by atoms with Crippen LogP contribution in [0.5, 0.6) is 0 Å². The number of aliphatic hydroxyl groups excluding tert-OH is 1. The molecular weight excluding hydrogens is 328 g/mol. The van der Waals surface area contributed by atoms with Crippen molar-refractivity contribution in [1.29, 1.82) is 0 Å². The number of hydrogen-bond acceptors (Lipinski definition) is 6. The minimum atomic E-state index is -0.937. The summed E-state index contributed by atoms with van der Waals surface area (Å²) < 4.78 is 12.0. The molecule has 136 valence electrons. The van der Waals surface area contributed by atoms with E-state index < -0.39 is 17.9 Å². The molecule has 0 fully saturated rings. The number of aryl methyl sites for hydroxylation is 2. The molecule has 0 radical (unpaired) electrons. The summed E-state index contributed by atoms with van der Waals surface area (Å²) in [6, 6.07) is 3.49. The fraction of sp³-hybridized carbons (Fsp3) is 0.438. The van der Waals surface area contributed by atoms with E-state index in [1.165, 1.54) is 6.26 Å². The van der Waals surface area contributed by atoms with E-state index in [4.69, 9.17) is 9.15 Å². The third-order valence-electron chi connectivity index (χ3n) is 3.59. The summed E-state index contributed by atoms with van der Waals surface area (Å²) in [4.78, 5) is 23.7. The maximum atomic E-state index is 11.9. The molecular formula is C16H22N4O5. The highest BCUT2D eigenvalue weighted by Gasteiger charge is 2.19. The maximum Gasteiger partial charge on any atom is 0.313 e. The first kappa shape index (κ1) is 18.7. The van der Waals surface area contributed by atoms with Crippen molar-refractivity contribution in [3.8, 4) is 0 Å². The Balaban J connectivity index is 1.72. The predicted molar refractivity (Wildman–Crippen MR) is 88.7 cm³/mol. The molecule has 9 heteroatoms. The molecule has 2 aromatic heterocycles. The number of nitrogens with zero attached hydrogens (tertiary/aromatic N) is 2. The number of aliphatic hydroxyl groups is 1. The minimum Gasteiger partial charge on any atom is -0.467 e. The van der Waals surface area contributed by atoms with Crippen LogP contribution < -0.4 is 10.6 Å². The van der Waals surface area contributed by atoms with E-state index in [9.17, 15) is 14.7 Å². The largest absolute Gasteiger partial charge is 0.467 e. The lowest BCUT2D eigenvalue weighted by Crippen LogP contribution is -2.40. The summed E-state index contributed by atoms with van der Waals surface area (Å²) in [7, 11) is 1.75. The molecule has 0 saturated heterocycles. The molecule has 3 N–H and O–H groups in total. The van der Waals surface area contributed by atoms with Crippen LogP contribution in [0.15, 0.2) is 22.8 Å². The Morgan fingerprint density at radius 2 is 2.16 bits per heavy atom. The Hall–Kier alpha value is -2.65. The van der Waals surface area contributed by atoms with Crippen LogP contribution in [-0.2, 0) is 28.0 Å². The van der Waals surface area contributed by atoms with Gasteiger partial charge in [-0.1, -0.05) is 0 Å². The van der Waals surface area contributed by atoms with Crippen LogP contribution in [0.1, 0.15) is 17.1 Å². The molecule has 0 aromatic carbocycles. The van der Waals surface area contributed by atoms with Crippen LogP contribution in [0.2, 0.25) is 0 Å². The second kappa shape index (κ2) is 8.45. The molecule has 0 bridgehead atoms. The van der Waals surface area contributed by atoms with Gasteiger partial charge in [-0.05, 0) is 26.0 Å². The average Bonchev–Trinajstić information content (AvgIpc) is 3.16. The summed E-state index contributed by atoms with van der Waals surface area (Å²) in [6.45, 7) is 3.64. The normalized spacial score (nSPS) is 12.0. The molecule has 0 aliphatic carbocycles. The van der Waals surface area contributed by atoms with E-state index in [2.05, 4.69) is 15.7 Å². The molecule has 25 heavy (non-hydrogen) atoms. The topological polar surface area (TPSA) is 119 Å². The van der Waals surface area contributed by atoms with Gasteiger partial charge in [0.15, 0.2) is 0 Å². The van der Waals surface area contributed by atoms with Crippen molar-refractivity contribution in [1.82, 2.24) is 15.1 Å². The van der Waals surface area contributed by atoms with Crippen molar-refractivity contribution >= 4 is 17.5 Å². The lowest BCUT2D eigenvalue weighted by atomic mass is 10.3. The number of carbonyl (C=O) groups excluding carboxylic acids is 2. The first-order valence-corrected chi connectivity index (χ1v) is 7.76. The quantitative estimate of drug-likeness (QED) is 0.617. The zero-order valence-electron chi connectivity index (χ0n) is 14.4. The zero-order chi connectivity index (χ0) is 18.4. The molecule has 0 aliphatic heterocycles. The van der Waals surface area contributed by atoms with Gasteiger partial charge in [-0.2, -0.15) is 5.10 Å². The highest BCUT2D eigenvalue weighted by atomic mass is 16.5. The lowest BCUT2D eigenvalue weighted by Gasteiger charge is -2.12. The predicted octanol–water partition coefficient (Wildman–Crippen LogP) is 0.262. The monoisotopic (exact) mass is 350 g/mol. The number of carbonyl (C=O) groups is 2. The third-order valence-corrected chi connectivity index (χ3v) is 3.59. The van der Waals surface area contributed by atoms with Crippen molar-refractivity contribution < 1.29 is 23.8 Å². The van der Waals surface area contributed by atoms with E-state index in [0.29, 0.717) is 17.1 Å². The Bertz CT molecular complexity index is 723. The van der Waals surface area contributed by atoms with Gasteiger partial charge in [-0.25, -0.2) is 0 Å². The van der Waals surface area contributed by atoms with Gasteiger partial charge in [-0.15, -0.1) is 0 Å². The second-order valence-electron chi connectivity index (χ2n) is 5.58. The molecule has 0 saturated carbocycles. The van der Waals surface area contributed by atoms with E-state index in [0.717, 1.165) is 5.69 Å². The van der Waals surface area contributed by atoms with Crippen LogP contribution >= 0.6 is 0 Å². The number of aromatic nitrogens is 2. The molecule has 9 nitrogen and oxygen atoms in total. The van der Waals surface area contributed by atoms with Crippen molar-refractivity contribution in [2.75, 3.05) is 18.5 Å². The van der Waals surface area contributed by atoms with Gasteiger partial charge in [-0.3, -0.25) is 14.3 Å². The minimum absolute atomic E-state index is 0.00339. The fourth-order valence-corrected chi connectivity index (χ4v) is 2.16. The van der Waals surface area contributed by atoms with Gasteiger partial charge < -0.3 is 24.9 Å². The Kier molecular flexibility index (Phi) is 6.31. The highest BCUT2D eigenvalue weighted by Crippen LogP contribution is 2.17. The number of anilines is 1. The van der Waals surface area contributed by atoms with Gasteiger partial charge >= 0.3 is 11.8 Å². The molecule has 0 unspecified atom stereocenters. The van der Waals surface area contributed by atoms with Crippen LogP contribution in [-0.4, -0.2) is 46.0 Å². The van der Waals surface area contributed by atoms with E-state index >= 15 is 0 Å². The molecule has 2 aromatic rings. The summed E-state index contributed by atoms with van der Waals surface area (Å²) in [6.07, 6.45) is 0.591. The lowest BCUT2D eigenvalue weighted by molar-refractivity contribution is -0.136. The van der Waals surface area contributed by atoms with Crippen molar-refractivity contribution in [3.63, 3.8) is 0 Å². The van der Waals surface area contributed by atoms with Gasteiger partial charge in [0.05, 0.1) is 36.0 Å². The van der Waals surface area contributed by atoms with Crippen LogP contribution in [0.3, 0.4) is 0 Å². The van der Waals surface area contributed by atoms with E-state index in [-0.39, 0.29) is 19.8 Å². The number of amides is 2. The molecule has 0 aliphatic rings. The summed E-state index contributed by atoms with van der Waals surface area (Å²) >= 11 is 0. The van der Waals surface area contributed by atoms with Crippen molar-refractivity contribution in [3.05, 3.63) is 35.5 Å². The molecule has 2 rings (SSSR count). The Labute approximate surface area is 145 Å². The number of furan rings is 1. The third kappa shape index (κ3) is 5.16. The molecule has 0 spiro atoms. The summed E-state index contributed by atoms with van der Waals surface area (Å²) in [5.74, 6) is -1.02. The fourth-order valence-electron chi connectivity index (χ4n) is 2.16. The number of nitrogens with one attached hydrogen (secondary N) is 2. The van der Waals surface area contributed by atoms with Gasteiger partial charge in [0, 0.05) is 13.6 Å². The average molecular weight is 350 g/mol. The van der Waals surface area contributed by atoms with Crippen molar-refractivity contribution in [2.45, 2.75) is 26.6 Å². The number of rotatable bonds is 7. The number of ether oxygens (including phenoxy) is 1. The van der Waals surface area contributed by atoms with Gasteiger partial charge in [0.1, 0.15) is 12.4 Å². The number of hydrogen-bond donors (Lipinski definition) is 3. The Morgan fingerprint density at radius 3 is 2.76 bits per heavy atom. The van der Waals surface area contributed by atoms with E-state index in [1.54, 1.807) is 37.7 Å². The highest BCUT2D eigenvalue weighted by molar-refractivity contribution is 6.39. The van der Waals surface area contributed by atoms with Gasteiger partial charge in [0.2, 0.25) is 0 Å². The Morgan fingerprint density at radius 1 is 1.40 bits per heavy atom. The zero-order valence-corrected chi connectivity index (χ0v) is 14.4.